The summed E-state index contributed by atoms with van der Waals surface area (Å²) in [6.07, 6.45) is 1.87. The number of rotatable bonds is 5. The number of carbonyl (C=O) groups excluding carboxylic acids is 2. The summed E-state index contributed by atoms with van der Waals surface area (Å²) in [6, 6.07) is 17.0. The first-order valence-electron chi connectivity index (χ1n) is 9.31. The molecule has 3 aromatic rings. The molecule has 1 aromatic heterocycles. The number of amides is 2. The molecule has 1 aliphatic rings. The third-order valence-corrected chi connectivity index (χ3v) is 6.69. The Hall–Kier alpha value is -3.03. The number of thioether (sulfide) groups is 1. The molecule has 5 nitrogen and oxygen atoms in total. The molecule has 1 N–H and O–H groups in total. The molecule has 0 fully saturated rings. The van der Waals surface area contributed by atoms with Gasteiger partial charge < -0.3 is 15.0 Å². The predicted molar refractivity (Wildman–Crippen MR) is 122 cm³/mol. The number of fused-ring (bicyclic) bond motifs is 1. The number of likely N-dealkylation sites (N-methyl/N-ethyl adjacent to an activating group) is 1. The molecular weight excluding hydrogens is 416 g/mol. The minimum Gasteiger partial charge on any atom is -0.497 e. The second-order valence-corrected chi connectivity index (χ2v) is 8.81. The second-order valence-electron chi connectivity index (χ2n) is 6.69. The molecule has 0 saturated heterocycles. The van der Waals surface area contributed by atoms with E-state index in [4.69, 9.17) is 4.74 Å². The highest BCUT2D eigenvalue weighted by atomic mass is 32.2. The highest BCUT2D eigenvalue weighted by Crippen LogP contribution is 2.42. The summed E-state index contributed by atoms with van der Waals surface area (Å²) in [5.74, 6) is 0.517. The van der Waals surface area contributed by atoms with Gasteiger partial charge in [0, 0.05) is 22.4 Å². The number of carbonyl (C=O) groups is 2. The number of nitrogens with zero attached hydrogens (tertiary/aromatic N) is 1. The van der Waals surface area contributed by atoms with Gasteiger partial charge in [-0.15, -0.1) is 11.3 Å². The Morgan fingerprint density at radius 1 is 1.17 bits per heavy atom. The molecule has 2 heterocycles. The minimum atomic E-state index is -0.156. The predicted octanol–water partition coefficient (Wildman–Crippen LogP) is 4.80. The molecule has 0 saturated carbocycles. The van der Waals surface area contributed by atoms with Gasteiger partial charge in [0.15, 0.2) is 0 Å². The van der Waals surface area contributed by atoms with Crippen molar-refractivity contribution in [1.82, 2.24) is 5.32 Å². The van der Waals surface area contributed by atoms with E-state index in [1.165, 1.54) is 11.8 Å². The molecule has 2 amide bonds. The lowest BCUT2D eigenvalue weighted by Gasteiger charge is -2.27. The monoisotopic (exact) mass is 436 g/mol. The molecule has 0 bridgehead atoms. The van der Waals surface area contributed by atoms with E-state index in [0.29, 0.717) is 17.0 Å². The molecule has 0 radical (unpaired) electrons. The summed E-state index contributed by atoms with van der Waals surface area (Å²) < 4.78 is 5.18. The van der Waals surface area contributed by atoms with Gasteiger partial charge in [-0.05, 0) is 53.4 Å². The summed E-state index contributed by atoms with van der Waals surface area (Å²) in [7, 11) is 3.35. The SMILES string of the molecule is COc1ccc(C=C2Sc3ccc(C(=O)NCc4cccs4)cc3N(C)C2=O)cc1. The number of hydrogen-bond donors (Lipinski definition) is 1. The summed E-state index contributed by atoms with van der Waals surface area (Å²) in [5.41, 5.74) is 2.20. The van der Waals surface area contributed by atoms with Crippen LogP contribution < -0.4 is 15.0 Å². The van der Waals surface area contributed by atoms with Crippen molar-refractivity contribution in [2.75, 3.05) is 19.1 Å². The van der Waals surface area contributed by atoms with Crippen LogP contribution in [0, 0.1) is 0 Å². The normalized spacial score (nSPS) is 14.5. The Kier molecular flexibility index (Phi) is 5.92. The fourth-order valence-electron chi connectivity index (χ4n) is 3.07. The van der Waals surface area contributed by atoms with Crippen LogP contribution in [0.4, 0.5) is 5.69 Å². The van der Waals surface area contributed by atoms with Crippen molar-refractivity contribution in [2.24, 2.45) is 0 Å². The first-order chi connectivity index (χ1) is 14.5. The zero-order valence-electron chi connectivity index (χ0n) is 16.5. The zero-order valence-corrected chi connectivity index (χ0v) is 18.2. The molecule has 0 aliphatic carbocycles. The van der Waals surface area contributed by atoms with Gasteiger partial charge in [0.2, 0.25) is 0 Å². The Morgan fingerprint density at radius 3 is 2.67 bits per heavy atom. The van der Waals surface area contributed by atoms with Gasteiger partial charge in [-0.25, -0.2) is 0 Å². The van der Waals surface area contributed by atoms with E-state index >= 15 is 0 Å². The van der Waals surface area contributed by atoms with Crippen LogP contribution in [0.3, 0.4) is 0 Å². The average molecular weight is 437 g/mol. The third-order valence-electron chi connectivity index (χ3n) is 4.73. The molecule has 30 heavy (non-hydrogen) atoms. The maximum Gasteiger partial charge on any atom is 0.264 e. The van der Waals surface area contributed by atoms with Crippen molar-refractivity contribution in [3.63, 3.8) is 0 Å². The summed E-state index contributed by atoms with van der Waals surface area (Å²) in [4.78, 5) is 29.7. The number of ether oxygens (including phenoxy) is 1. The number of hydrogen-bond acceptors (Lipinski definition) is 5. The van der Waals surface area contributed by atoms with Gasteiger partial charge in [-0.1, -0.05) is 30.0 Å². The van der Waals surface area contributed by atoms with Crippen molar-refractivity contribution in [1.29, 1.82) is 0 Å². The average Bonchev–Trinajstić information content (AvgIpc) is 3.29. The largest absolute Gasteiger partial charge is 0.497 e. The Bertz CT molecular complexity index is 1110. The topological polar surface area (TPSA) is 58.6 Å². The van der Waals surface area contributed by atoms with Crippen LogP contribution in [0.15, 0.2) is 69.8 Å². The first kappa shape index (κ1) is 20.3. The molecule has 7 heteroatoms. The number of thiophene rings is 1. The summed E-state index contributed by atoms with van der Waals surface area (Å²) >= 11 is 3.02. The van der Waals surface area contributed by atoms with Crippen molar-refractivity contribution >= 4 is 46.7 Å². The van der Waals surface area contributed by atoms with Crippen LogP contribution in [0.5, 0.6) is 5.75 Å². The molecule has 0 spiro atoms. The highest BCUT2D eigenvalue weighted by Gasteiger charge is 2.27. The smallest absolute Gasteiger partial charge is 0.264 e. The van der Waals surface area contributed by atoms with Crippen molar-refractivity contribution in [3.8, 4) is 5.75 Å². The lowest BCUT2D eigenvalue weighted by molar-refractivity contribution is -0.114. The zero-order chi connectivity index (χ0) is 21.1. The van der Waals surface area contributed by atoms with E-state index in [-0.39, 0.29) is 11.8 Å². The van der Waals surface area contributed by atoms with Crippen molar-refractivity contribution < 1.29 is 14.3 Å². The Morgan fingerprint density at radius 2 is 1.97 bits per heavy atom. The van der Waals surface area contributed by atoms with Gasteiger partial charge >= 0.3 is 0 Å². The molecule has 0 atom stereocenters. The Balaban J connectivity index is 1.54. The Labute approximate surface area is 183 Å². The fraction of sp³-hybridized carbons (Fsp3) is 0.130. The third kappa shape index (κ3) is 4.27. The molecule has 1 aliphatic heterocycles. The van der Waals surface area contributed by atoms with Crippen LogP contribution in [-0.2, 0) is 11.3 Å². The standard InChI is InChI=1S/C23H20N2O3S2/c1-25-19-13-16(22(26)24-14-18-4-3-11-29-18)7-10-20(19)30-21(23(25)27)12-15-5-8-17(28-2)9-6-15/h3-13H,14H2,1-2H3,(H,24,26). The van der Waals surface area contributed by atoms with E-state index < -0.39 is 0 Å². The number of methoxy groups -OCH3 is 1. The van der Waals surface area contributed by atoms with Gasteiger partial charge in [0.25, 0.3) is 11.8 Å². The van der Waals surface area contributed by atoms with E-state index in [0.717, 1.165) is 26.8 Å². The maximum absolute atomic E-state index is 12.9. The van der Waals surface area contributed by atoms with Crippen LogP contribution in [0.2, 0.25) is 0 Å². The van der Waals surface area contributed by atoms with Gasteiger partial charge in [-0.2, -0.15) is 0 Å². The lowest BCUT2D eigenvalue weighted by Crippen LogP contribution is -2.30. The van der Waals surface area contributed by atoms with Crippen LogP contribution >= 0.6 is 23.1 Å². The van der Waals surface area contributed by atoms with Crippen molar-refractivity contribution in [2.45, 2.75) is 11.4 Å². The molecule has 2 aromatic carbocycles. The highest BCUT2D eigenvalue weighted by molar-refractivity contribution is 8.04. The summed E-state index contributed by atoms with van der Waals surface area (Å²) in [5, 5.41) is 4.91. The number of benzene rings is 2. The molecule has 152 valence electrons. The van der Waals surface area contributed by atoms with E-state index in [9.17, 15) is 9.59 Å². The quantitative estimate of drug-likeness (QED) is 0.584. The fourth-order valence-corrected chi connectivity index (χ4v) is 4.81. The first-order valence-corrected chi connectivity index (χ1v) is 11.0. The molecule has 4 rings (SSSR count). The van der Waals surface area contributed by atoms with Gasteiger partial charge in [0.05, 0.1) is 24.2 Å². The van der Waals surface area contributed by atoms with E-state index in [1.54, 1.807) is 42.5 Å². The van der Waals surface area contributed by atoms with Crippen LogP contribution in [0.25, 0.3) is 6.08 Å². The van der Waals surface area contributed by atoms with Crippen LogP contribution in [-0.4, -0.2) is 26.0 Å². The lowest BCUT2D eigenvalue weighted by atomic mass is 10.1. The van der Waals surface area contributed by atoms with Crippen molar-refractivity contribution in [3.05, 3.63) is 80.9 Å². The van der Waals surface area contributed by atoms with Gasteiger partial charge in [0.1, 0.15) is 5.75 Å². The van der Waals surface area contributed by atoms with E-state index in [1.807, 2.05) is 53.9 Å². The maximum atomic E-state index is 12.9. The van der Waals surface area contributed by atoms with Crippen LogP contribution in [0.1, 0.15) is 20.8 Å². The minimum absolute atomic E-state index is 0.0977. The van der Waals surface area contributed by atoms with E-state index in [2.05, 4.69) is 5.32 Å². The second kappa shape index (κ2) is 8.77. The summed E-state index contributed by atoms with van der Waals surface area (Å²) in [6.45, 7) is 0.492. The van der Waals surface area contributed by atoms with Gasteiger partial charge in [-0.3, -0.25) is 9.59 Å². The molecular formula is C23H20N2O3S2. The number of nitrogens with one attached hydrogen (secondary N) is 1. The number of anilines is 1. The molecule has 0 unspecified atom stereocenters.